The van der Waals surface area contributed by atoms with Crippen molar-refractivity contribution in [2.75, 3.05) is 5.32 Å². The molecule has 0 bridgehead atoms. The average molecular weight is 562 g/mol. The number of H-pyrrole nitrogens is 2. The number of carbonyl (C=O) groups excluding carboxylic acids is 2. The van der Waals surface area contributed by atoms with Gasteiger partial charge in [0.15, 0.2) is 5.17 Å². The summed E-state index contributed by atoms with van der Waals surface area (Å²) < 4.78 is 26.5. The number of carbonyl (C=O) groups is 3. The fraction of sp³-hybridized carbons (Fsp3) is 0.167. The molecule has 1 aromatic heterocycles. The van der Waals surface area contributed by atoms with Crippen molar-refractivity contribution < 1.29 is 33.4 Å². The standard InChI is InChI=1S/C22H17F2N5O5S.C2H4O2/c23-11-3-1-10(2-4-11)17(16-19(32)27-21(34)28-20(16)33)26-22-29-18(31)14(35-22)9-15(30)25-13-7-5-12(24)6-8-13;1-2(3)4/h1-8,14,17H,9H2,(H,25,30)(H,26,29,31)(H3,27,28,32,33,34);1H3,(H,3,4). The number of amidine groups is 1. The smallest absolute Gasteiger partial charge is 0.328 e. The number of halogens is 2. The number of carboxylic acids is 1. The maximum atomic E-state index is 13.5. The summed E-state index contributed by atoms with van der Waals surface area (Å²) in [6.45, 7) is 1.08. The highest BCUT2D eigenvalue weighted by molar-refractivity contribution is 8.15. The predicted molar refractivity (Wildman–Crippen MR) is 138 cm³/mol. The summed E-state index contributed by atoms with van der Waals surface area (Å²) in [5.74, 6) is -3.58. The van der Waals surface area contributed by atoms with Crippen LogP contribution in [-0.4, -0.2) is 48.4 Å². The van der Waals surface area contributed by atoms with E-state index in [9.17, 15) is 33.1 Å². The van der Waals surface area contributed by atoms with Gasteiger partial charge in [0, 0.05) is 19.0 Å². The van der Waals surface area contributed by atoms with E-state index in [1.807, 2.05) is 4.98 Å². The number of aliphatic carboxylic acids is 1. The quantitative estimate of drug-likeness (QED) is 0.262. The molecule has 0 radical (unpaired) electrons. The molecule has 39 heavy (non-hydrogen) atoms. The summed E-state index contributed by atoms with van der Waals surface area (Å²) in [5.41, 5.74) is -1.53. The Balaban J connectivity index is 0.000000983. The minimum absolute atomic E-state index is 0.0499. The lowest BCUT2D eigenvalue weighted by atomic mass is 10.0. The summed E-state index contributed by atoms with van der Waals surface area (Å²) in [6.07, 6.45) is -0.224. The molecule has 1 aliphatic rings. The molecule has 15 heteroatoms. The minimum Gasteiger partial charge on any atom is -0.494 e. The second kappa shape index (κ2) is 12.6. The van der Waals surface area contributed by atoms with E-state index in [4.69, 9.17) is 9.90 Å². The van der Waals surface area contributed by atoms with Gasteiger partial charge in [-0.1, -0.05) is 23.9 Å². The number of rotatable bonds is 6. The van der Waals surface area contributed by atoms with Crippen LogP contribution in [-0.2, 0) is 14.4 Å². The molecule has 0 spiro atoms. The molecule has 12 nitrogen and oxygen atoms in total. The molecular formula is C24H21F2N5O7S. The number of nitrogens with zero attached hydrogens (tertiary/aromatic N) is 1. The van der Waals surface area contributed by atoms with E-state index in [0.717, 1.165) is 30.8 Å². The maximum absolute atomic E-state index is 13.5. The average Bonchev–Trinajstić information content (AvgIpc) is 3.18. The molecule has 2 unspecified atom stereocenters. The third kappa shape index (κ3) is 8.10. The zero-order valence-electron chi connectivity index (χ0n) is 20.0. The number of thioether (sulfide) groups is 1. The van der Waals surface area contributed by atoms with Gasteiger partial charge in [-0.3, -0.25) is 29.1 Å². The van der Waals surface area contributed by atoms with E-state index >= 15 is 0 Å². The lowest BCUT2D eigenvalue weighted by Crippen LogP contribution is -2.29. The van der Waals surface area contributed by atoms with Gasteiger partial charge in [-0.15, -0.1) is 0 Å². The van der Waals surface area contributed by atoms with Gasteiger partial charge in [0.1, 0.15) is 28.5 Å². The Labute approximate surface area is 222 Å². The van der Waals surface area contributed by atoms with Crippen molar-refractivity contribution in [3.63, 3.8) is 0 Å². The van der Waals surface area contributed by atoms with Crippen LogP contribution in [0.15, 0.2) is 63.1 Å². The summed E-state index contributed by atoms with van der Waals surface area (Å²) in [4.78, 5) is 66.1. The third-order valence-corrected chi connectivity index (χ3v) is 6.04. The first-order valence-corrected chi connectivity index (χ1v) is 11.9. The number of aromatic amines is 2. The van der Waals surface area contributed by atoms with Gasteiger partial charge >= 0.3 is 5.69 Å². The molecule has 204 valence electrons. The molecule has 2 aromatic carbocycles. The van der Waals surface area contributed by atoms with Gasteiger partial charge in [-0.25, -0.2) is 18.6 Å². The van der Waals surface area contributed by atoms with E-state index < -0.39 is 57.8 Å². The normalized spacial score (nSPS) is 16.1. The second-order valence-electron chi connectivity index (χ2n) is 7.93. The molecular weight excluding hydrogens is 540 g/mol. The number of aromatic nitrogens is 2. The van der Waals surface area contributed by atoms with Crippen LogP contribution in [0.4, 0.5) is 14.5 Å². The van der Waals surface area contributed by atoms with Gasteiger partial charge in [0.2, 0.25) is 17.7 Å². The van der Waals surface area contributed by atoms with E-state index in [1.165, 1.54) is 36.4 Å². The van der Waals surface area contributed by atoms with Crippen LogP contribution in [0.1, 0.15) is 30.5 Å². The second-order valence-corrected chi connectivity index (χ2v) is 9.12. The number of anilines is 1. The Hall–Kier alpha value is -4.79. The Morgan fingerprint density at radius 1 is 1.03 bits per heavy atom. The van der Waals surface area contributed by atoms with Gasteiger partial charge in [0.05, 0.1) is 0 Å². The molecule has 2 amide bonds. The number of hydrogen-bond donors (Lipinski definition) is 6. The molecule has 2 atom stereocenters. The van der Waals surface area contributed by atoms with Gasteiger partial charge in [-0.05, 0) is 42.0 Å². The monoisotopic (exact) mass is 561 g/mol. The Bertz CT molecular complexity index is 1520. The largest absolute Gasteiger partial charge is 0.494 e. The molecule has 2 heterocycles. The minimum atomic E-state index is -1.22. The Morgan fingerprint density at radius 2 is 1.59 bits per heavy atom. The highest BCUT2D eigenvalue weighted by Gasteiger charge is 2.33. The van der Waals surface area contributed by atoms with Crippen molar-refractivity contribution in [2.45, 2.75) is 24.6 Å². The number of aliphatic imine (C=N–C) groups is 1. The molecule has 3 aromatic rings. The van der Waals surface area contributed by atoms with Crippen molar-refractivity contribution in [2.24, 2.45) is 4.99 Å². The molecule has 1 aliphatic heterocycles. The highest BCUT2D eigenvalue weighted by Crippen LogP contribution is 2.31. The number of nitrogens with one attached hydrogen (secondary N) is 4. The van der Waals surface area contributed by atoms with Crippen molar-refractivity contribution in [1.82, 2.24) is 15.3 Å². The lowest BCUT2D eigenvalue weighted by Gasteiger charge is -2.14. The van der Waals surface area contributed by atoms with Gasteiger partial charge < -0.3 is 20.8 Å². The Morgan fingerprint density at radius 3 is 2.15 bits per heavy atom. The zero-order valence-corrected chi connectivity index (χ0v) is 20.8. The maximum Gasteiger partial charge on any atom is 0.328 e. The fourth-order valence-electron chi connectivity index (χ4n) is 3.32. The third-order valence-electron chi connectivity index (χ3n) is 4.94. The molecule has 1 saturated heterocycles. The van der Waals surface area contributed by atoms with Crippen LogP contribution in [0.25, 0.3) is 0 Å². The van der Waals surface area contributed by atoms with Gasteiger partial charge in [-0.2, -0.15) is 0 Å². The lowest BCUT2D eigenvalue weighted by molar-refractivity contribution is -0.134. The van der Waals surface area contributed by atoms with Crippen LogP contribution >= 0.6 is 11.8 Å². The first-order chi connectivity index (χ1) is 18.4. The molecule has 6 N–H and O–H groups in total. The number of carboxylic acid groups (broad SMARTS) is 1. The van der Waals surface area contributed by atoms with E-state index in [-0.39, 0.29) is 17.2 Å². The number of amides is 2. The van der Waals surface area contributed by atoms with Crippen molar-refractivity contribution >= 4 is 40.4 Å². The first-order valence-electron chi connectivity index (χ1n) is 11.0. The van der Waals surface area contributed by atoms with Crippen molar-refractivity contribution in [1.29, 1.82) is 0 Å². The molecule has 4 rings (SSSR count). The number of benzene rings is 2. The number of hydrogen-bond acceptors (Lipinski definition) is 8. The van der Waals surface area contributed by atoms with Crippen LogP contribution in [0.2, 0.25) is 0 Å². The highest BCUT2D eigenvalue weighted by atomic mass is 32.2. The summed E-state index contributed by atoms with van der Waals surface area (Å²) in [7, 11) is 0. The summed E-state index contributed by atoms with van der Waals surface area (Å²) in [5, 5.41) is 21.9. The van der Waals surface area contributed by atoms with Crippen LogP contribution in [0, 0.1) is 11.6 Å². The molecule has 0 saturated carbocycles. The van der Waals surface area contributed by atoms with Gasteiger partial charge in [0.25, 0.3) is 11.5 Å². The topological polar surface area (TPSA) is 194 Å². The predicted octanol–water partition coefficient (Wildman–Crippen LogP) is 1.84. The van der Waals surface area contributed by atoms with Crippen LogP contribution in [0.3, 0.4) is 0 Å². The van der Waals surface area contributed by atoms with Crippen molar-refractivity contribution in [3.8, 4) is 5.88 Å². The summed E-state index contributed by atoms with van der Waals surface area (Å²) in [6, 6.07) is 8.83. The Kier molecular flexibility index (Phi) is 9.33. The fourth-order valence-corrected chi connectivity index (χ4v) is 4.32. The van der Waals surface area contributed by atoms with E-state index in [0.29, 0.717) is 11.3 Å². The van der Waals surface area contributed by atoms with E-state index in [2.05, 4.69) is 20.6 Å². The SMILES string of the molecule is CC(=O)O.O=C(CC1SC(=NC(c2ccc(F)cc2)c2c(O)[nH]c(=O)[nH]c2=O)NC1=O)Nc1ccc(F)cc1. The number of aromatic hydroxyl groups is 1. The summed E-state index contributed by atoms with van der Waals surface area (Å²) >= 11 is 0.924. The van der Waals surface area contributed by atoms with E-state index in [1.54, 1.807) is 0 Å². The van der Waals surface area contributed by atoms with Crippen molar-refractivity contribution in [3.05, 3.63) is 92.1 Å². The zero-order chi connectivity index (χ0) is 28.7. The molecule has 1 fully saturated rings. The molecule has 0 aliphatic carbocycles. The van der Waals surface area contributed by atoms with Crippen LogP contribution in [0.5, 0.6) is 5.88 Å². The first kappa shape index (κ1) is 28.8. The van der Waals surface area contributed by atoms with Crippen LogP contribution < -0.4 is 21.9 Å².